The molecule has 0 aliphatic rings. The van der Waals surface area contributed by atoms with E-state index in [1.165, 1.54) is 11.0 Å². The van der Waals surface area contributed by atoms with E-state index in [0.717, 1.165) is 38.8 Å². The van der Waals surface area contributed by atoms with Gasteiger partial charge in [0.15, 0.2) is 0 Å². The Morgan fingerprint density at radius 2 is 1.71 bits per heavy atom. The fourth-order valence-corrected chi connectivity index (χ4v) is 5.11. The summed E-state index contributed by atoms with van der Waals surface area (Å²) in [5, 5.41) is 2.83. The van der Waals surface area contributed by atoms with E-state index in [1.807, 2.05) is 38.1 Å². The van der Waals surface area contributed by atoms with E-state index in [0.29, 0.717) is 6.54 Å². The minimum atomic E-state index is -4.63. The van der Waals surface area contributed by atoms with Crippen LogP contribution in [0, 0.1) is 5.92 Å². The van der Waals surface area contributed by atoms with Crippen molar-refractivity contribution >= 4 is 43.5 Å². The highest BCUT2D eigenvalue weighted by atomic mass is 79.9. The van der Waals surface area contributed by atoms with Crippen LogP contribution in [0.25, 0.3) is 0 Å². The van der Waals surface area contributed by atoms with Gasteiger partial charge in [-0.2, -0.15) is 13.2 Å². The van der Waals surface area contributed by atoms with Gasteiger partial charge in [0.1, 0.15) is 6.04 Å². The van der Waals surface area contributed by atoms with E-state index >= 15 is 0 Å². The van der Waals surface area contributed by atoms with Crippen molar-refractivity contribution in [1.82, 2.24) is 10.2 Å². The summed E-state index contributed by atoms with van der Waals surface area (Å²) in [4.78, 5) is 27.5. The first-order valence-corrected chi connectivity index (χ1v) is 14.7. The lowest BCUT2D eigenvalue weighted by Gasteiger charge is -2.30. The molecule has 2 aromatic rings. The fraction of sp³-hybridized carbons (Fsp3) is 0.462. The predicted molar refractivity (Wildman–Crippen MR) is 145 cm³/mol. The highest BCUT2D eigenvalue weighted by Gasteiger charge is 2.32. The van der Waals surface area contributed by atoms with E-state index in [9.17, 15) is 31.2 Å². The fourth-order valence-electron chi connectivity index (χ4n) is 3.71. The van der Waals surface area contributed by atoms with Gasteiger partial charge in [0.25, 0.3) is 0 Å². The third-order valence-electron chi connectivity index (χ3n) is 5.71. The first-order chi connectivity index (χ1) is 17.6. The van der Waals surface area contributed by atoms with Crippen molar-refractivity contribution in [1.29, 1.82) is 0 Å². The molecule has 1 atom stereocenters. The maximum Gasteiger partial charge on any atom is 0.416 e. The van der Waals surface area contributed by atoms with Crippen LogP contribution in [0.2, 0.25) is 0 Å². The van der Waals surface area contributed by atoms with Crippen molar-refractivity contribution in [2.24, 2.45) is 5.92 Å². The van der Waals surface area contributed by atoms with Crippen molar-refractivity contribution in [3.63, 3.8) is 0 Å². The number of halogens is 4. The Morgan fingerprint density at radius 1 is 1.05 bits per heavy atom. The number of sulfonamides is 1. The third kappa shape index (κ3) is 9.61. The van der Waals surface area contributed by atoms with Gasteiger partial charge < -0.3 is 10.2 Å². The van der Waals surface area contributed by atoms with E-state index in [1.54, 1.807) is 6.92 Å². The molecule has 0 bridgehead atoms. The van der Waals surface area contributed by atoms with Crippen molar-refractivity contribution in [3.8, 4) is 0 Å². The van der Waals surface area contributed by atoms with Crippen LogP contribution in [0.4, 0.5) is 18.9 Å². The molecule has 12 heteroatoms. The molecule has 1 N–H and O–H groups in total. The Bertz CT molecular complexity index is 1220. The van der Waals surface area contributed by atoms with Crippen LogP contribution in [0.3, 0.4) is 0 Å². The molecule has 2 aromatic carbocycles. The molecule has 0 spiro atoms. The second kappa shape index (κ2) is 13.5. The van der Waals surface area contributed by atoms with Crippen molar-refractivity contribution in [3.05, 3.63) is 64.1 Å². The number of amides is 2. The van der Waals surface area contributed by atoms with Gasteiger partial charge in [0.2, 0.25) is 21.8 Å². The lowest BCUT2D eigenvalue weighted by Crippen LogP contribution is -2.48. The van der Waals surface area contributed by atoms with Crippen LogP contribution >= 0.6 is 15.9 Å². The summed E-state index contributed by atoms with van der Waals surface area (Å²) in [6.45, 7) is 5.92. The molecule has 0 saturated heterocycles. The van der Waals surface area contributed by atoms with E-state index in [4.69, 9.17) is 0 Å². The summed E-state index contributed by atoms with van der Waals surface area (Å²) in [7, 11) is -3.93. The van der Waals surface area contributed by atoms with Gasteiger partial charge >= 0.3 is 6.18 Å². The Balaban J connectivity index is 2.21. The standard InChI is InChI=1S/C26H33BrF3N3O4S/c1-18(2)16-31-25(35)19(3)32(17-20-8-5-10-22(27)14-20)24(34)12-7-13-33(38(4,36)37)23-11-6-9-21(15-23)26(28,29)30/h5-6,8-11,14-15,18-19H,7,12-13,16-17H2,1-4H3,(H,31,35). The highest BCUT2D eigenvalue weighted by molar-refractivity contribution is 9.10. The van der Waals surface area contributed by atoms with Crippen molar-refractivity contribution in [2.45, 2.75) is 52.4 Å². The number of carbonyl (C=O) groups excluding carboxylic acids is 2. The summed E-state index contributed by atoms with van der Waals surface area (Å²) in [5.41, 5.74) is -0.318. The molecule has 0 aliphatic carbocycles. The van der Waals surface area contributed by atoms with E-state index < -0.39 is 27.8 Å². The molecule has 1 unspecified atom stereocenters. The predicted octanol–water partition coefficient (Wildman–Crippen LogP) is 5.20. The summed E-state index contributed by atoms with van der Waals surface area (Å²) in [6, 6.07) is 10.5. The SMILES string of the molecule is CC(C)CNC(=O)C(C)N(Cc1cccc(Br)c1)C(=O)CCCN(c1cccc(C(F)(F)F)c1)S(C)(=O)=O. The van der Waals surface area contributed by atoms with Crippen LogP contribution in [0.5, 0.6) is 0 Å². The molecular formula is C26H33BrF3N3O4S. The maximum atomic E-state index is 13.3. The summed E-state index contributed by atoms with van der Waals surface area (Å²) in [5.74, 6) is -0.475. The number of carbonyl (C=O) groups is 2. The molecule has 0 aliphatic heterocycles. The van der Waals surface area contributed by atoms with Gasteiger partial charge in [-0.1, -0.05) is 48.0 Å². The van der Waals surface area contributed by atoms with Crippen LogP contribution in [0.1, 0.15) is 44.7 Å². The van der Waals surface area contributed by atoms with Gasteiger partial charge in [0, 0.05) is 30.5 Å². The Morgan fingerprint density at radius 3 is 2.29 bits per heavy atom. The number of rotatable bonds is 12. The molecule has 2 amide bonds. The van der Waals surface area contributed by atoms with Crippen LogP contribution in [-0.2, 0) is 32.3 Å². The molecule has 210 valence electrons. The molecule has 0 radical (unpaired) electrons. The Labute approximate surface area is 230 Å². The summed E-state index contributed by atoms with van der Waals surface area (Å²) >= 11 is 3.40. The summed E-state index contributed by atoms with van der Waals surface area (Å²) in [6.07, 6.45) is -3.80. The average molecular weight is 621 g/mol. The molecule has 7 nitrogen and oxygen atoms in total. The Hall–Kier alpha value is -2.60. The van der Waals surface area contributed by atoms with Crippen LogP contribution in [0.15, 0.2) is 53.0 Å². The van der Waals surface area contributed by atoms with Crippen LogP contribution < -0.4 is 9.62 Å². The third-order valence-corrected chi connectivity index (χ3v) is 7.39. The smallest absolute Gasteiger partial charge is 0.354 e. The molecule has 0 aromatic heterocycles. The second-order valence-electron chi connectivity index (χ2n) is 9.45. The lowest BCUT2D eigenvalue weighted by molar-refractivity contribution is -0.140. The highest BCUT2D eigenvalue weighted by Crippen LogP contribution is 2.32. The number of hydrogen-bond acceptors (Lipinski definition) is 4. The van der Waals surface area contributed by atoms with Gasteiger partial charge in [0.05, 0.1) is 17.5 Å². The second-order valence-corrected chi connectivity index (χ2v) is 12.3. The molecule has 0 fully saturated rings. The van der Waals surface area contributed by atoms with Gasteiger partial charge in [-0.15, -0.1) is 0 Å². The minimum Gasteiger partial charge on any atom is -0.354 e. The lowest BCUT2D eigenvalue weighted by atomic mass is 10.1. The van der Waals surface area contributed by atoms with Gasteiger partial charge in [-0.3, -0.25) is 13.9 Å². The molecule has 2 rings (SSSR count). The summed E-state index contributed by atoms with van der Waals surface area (Å²) < 4.78 is 65.9. The van der Waals surface area contributed by atoms with E-state index in [2.05, 4.69) is 21.2 Å². The maximum absolute atomic E-state index is 13.3. The quantitative estimate of drug-likeness (QED) is 0.354. The first kappa shape index (κ1) is 31.6. The molecular weight excluding hydrogens is 587 g/mol. The zero-order valence-corrected chi connectivity index (χ0v) is 24.2. The Kier molecular flexibility index (Phi) is 11.2. The van der Waals surface area contributed by atoms with Crippen molar-refractivity contribution in [2.75, 3.05) is 23.7 Å². The largest absolute Gasteiger partial charge is 0.416 e. The van der Waals surface area contributed by atoms with Gasteiger partial charge in [-0.25, -0.2) is 8.42 Å². The number of hydrogen-bond donors (Lipinski definition) is 1. The number of nitrogens with one attached hydrogen (secondary N) is 1. The zero-order chi connectivity index (χ0) is 28.7. The molecule has 0 heterocycles. The van der Waals surface area contributed by atoms with Crippen molar-refractivity contribution < 1.29 is 31.2 Å². The number of alkyl halides is 3. The zero-order valence-electron chi connectivity index (χ0n) is 21.8. The van der Waals surface area contributed by atoms with E-state index in [-0.39, 0.29) is 49.4 Å². The minimum absolute atomic E-state index is 0.0392. The number of nitrogens with zero attached hydrogens (tertiary/aromatic N) is 2. The first-order valence-electron chi connectivity index (χ1n) is 12.1. The van der Waals surface area contributed by atoms with Crippen LogP contribution in [-0.4, -0.2) is 50.5 Å². The average Bonchev–Trinajstić information content (AvgIpc) is 2.82. The molecule has 38 heavy (non-hydrogen) atoms. The molecule has 0 saturated carbocycles. The topological polar surface area (TPSA) is 86.8 Å². The number of benzene rings is 2. The monoisotopic (exact) mass is 619 g/mol. The number of anilines is 1. The normalized spacial score (nSPS) is 12.8. The van der Waals surface area contributed by atoms with Gasteiger partial charge in [-0.05, 0) is 55.2 Å².